The van der Waals surface area contributed by atoms with Crippen molar-refractivity contribution >= 4 is 77.9 Å². The first-order valence-corrected chi connectivity index (χ1v) is 8.72. The van der Waals surface area contributed by atoms with Gasteiger partial charge in [-0.1, -0.05) is 67.8 Å². The lowest BCUT2D eigenvalue weighted by Gasteiger charge is -2.12. The molecule has 3 nitrogen and oxygen atoms in total. The van der Waals surface area contributed by atoms with E-state index in [-0.39, 0.29) is 3.92 Å². The van der Waals surface area contributed by atoms with Gasteiger partial charge in [0.05, 0.1) is 0 Å². The Kier molecular flexibility index (Phi) is 7.71. The zero-order valence-corrected chi connectivity index (χ0v) is 13.4. The average molecular weight is 530 g/mol. The maximum atomic E-state index is 10.7. The zero-order valence-electron chi connectivity index (χ0n) is 6.08. The van der Waals surface area contributed by atoms with Gasteiger partial charge in [-0.15, -0.1) is 0 Å². The number of alkyl halides is 3. The molecule has 12 heavy (non-hydrogen) atoms. The predicted molar refractivity (Wildman–Crippen MR) is 75.3 cm³/mol. The van der Waals surface area contributed by atoms with Crippen LogP contribution in [0.3, 0.4) is 0 Å². The Bertz CT molecular complexity index is 216. The van der Waals surface area contributed by atoms with Crippen molar-refractivity contribution in [3.63, 3.8) is 0 Å². The third kappa shape index (κ3) is 5.75. The Labute approximate surface area is 114 Å². The first kappa shape index (κ1) is 14.1. The fraction of sp³-hybridized carbons (Fsp3) is 1.00. The van der Waals surface area contributed by atoms with Crippen LogP contribution >= 0.6 is 67.8 Å². The average Bonchev–Trinajstić information content (AvgIpc) is 1.97. The topological polar surface area (TPSA) is 54.4 Å². The minimum Gasteiger partial charge on any atom is -0.285 e. The lowest BCUT2D eigenvalue weighted by molar-refractivity contribution is 0.479. The molecule has 0 amide bonds. The second-order valence-electron chi connectivity index (χ2n) is 2.21. The molecule has 0 saturated carbocycles. The maximum absolute atomic E-state index is 10.7. The molecule has 0 aliphatic heterocycles. The van der Waals surface area contributed by atoms with Gasteiger partial charge in [-0.05, 0) is 17.3 Å². The summed E-state index contributed by atoms with van der Waals surface area (Å²) in [6.45, 7) is 0. The number of rotatable bonds is 5. The summed E-state index contributed by atoms with van der Waals surface area (Å²) in [5.74, 6) is 0. The fourth-order valence-electron chi connectivity index (χ4n) is 0.590. The minimum absolute atomic E-state index is 0.00651. The Morgan fingerprint density at radius 2 is 1.83 bits per heavy atom. The molecule has 0 fully saturated rings. The van der Waals surface area contributed by atoms with Gasteiger partial charge in [0.15, 0.2) is 0 Å². The maximum Gasteiger partial charge on any atom is 0.278 e. The van der Waals surface area contributed by atoms with Crippen LogP contribution in [0.4, 0.5) is 0 Å². The second kappa shape index (κ2) is 6.56. The highest BCUT2D eigenvalue weighted by molar-refractivity contribution is 14.1. The molecule has 0 saturated heterocycles. The number of hydrogen-bond donors (Lipinski definition) is 1. The quantitative estimate of drug-likeness (QED) is 0.338. The second-order valence-corrected chi connectivity index (χ2v) is 8.62. The van der Waals surface area contributed by atoms with E-state index in [0.29, 0.717) is 0 Å². The van der Waals surface area contributed by atoms with E-state index >= 15 is 0 Å². The highest BCUT2D eigenvalue weighted by Gasteiger charge is 2.26. The molecule has 7 heteroatoms. The molecule has 0 aromatic carbocycles. The van der Waals surface area contributed by atoms with Gasteiger partial charge in [0.1, 0.15) is 3.26 Å². The number of halogens is 3. The predicted octanol–water partition coefficient (Wildman–Crippen LogP) is 2.65. The third-order valence-electron chi connectivity index (χ3n) is 1.18. The SMILES string of the molecule is O=S(=O)(O)C(I)C(I)CCCI. The molecule has 2 atom stereocenters. The molecule has 0 aromatic heterocycles. The summed E-state index contributed by atoms with van der Waals surface area (Å²) < 4.78 is 30.4. The molecule has 0 rings (SSSR count). The summed E-state index contributed by atoms with van der Waals surface area (Å²) >= 11 is 6.08. The molecule has 0 aliphatic carbocycles. The van der Waals surface area contributed by atoms with Crippen molar-refractivity contribution in [1.82, 2.24) is 0 Å². The van der Waals surface area contributed by atoms with Gasteiger partial charge in [0.2, 0.25) is 0 Å². The third-order valence-corrected chi connectivity index (χ3v) is 8.84. The van der Waals surface area contributed by atoms with Crippen molar-refractivity contribution in [3.8, 4) is 0 Å². The van der Waals surface area contributed by atoms with Crippen molar-refractivity contribution in [2.75, 3.05) is 4.43 Å². The van der Waals surface area contributed by atoms with Crippen LogP contribution in [0.5, 0.6) is 0 Å². The van der Waals surface area contributed by atoms with Crippen LogP contribution in [-0.2, 0) is 10.1 Å². The van der Waals surface area contributed by atoms with Crippen LogP contribution in [0.15, 0.2) is 0 Å². The Morgan fingerprint density at radius 1 is 1.33 bits per heavy atom. The van der Waals surface area contributed by atoms with Crippen molar-refractivity contribution in [3.05, 3.63) is 0 Å². The number of hydrogen-bond acceptors (Lipinski definition) is 2. The van der Waals surface area contributed by atoms with Gasteiger partial charge >= 0.3 is 0 Å². The smallest absolute Gasteiger partial charge is 0.278 e. The Hall–Kier alpha value is 2.10. The van der Waals surface area contributed by atoms with Crippen LogP contribution in [0.25, 0.3) is 0 Å². The van der Waals surface area contributed by atoms with Crippen LogP contribution < -0.4 is 0 Å². The van der Waals surface area contributed by atoms with Crippen LogP contribution in [0, 0.1) is 0 Å². The largest absolute Gasteiger partial charge is 0.285 e. The molecule has 74 valence electrons. The minimum atomic E-state index is -3.86. The van der Waals surface area contributed by atoms with Crippen molar-refractivity contribution < 1.29 is 13.0 Å². The summed E-state index contributed by atoms with van der Waals surface area (Å²) in [6, 6.07) is 0. The van der Waals surface area contributed by atoms with Gasteiger partial charge in [0.25, 0.3) is 10.1 Å². The molecule has 0 heterocycles. The van der Waals surface area contributed by atoms with Crippen LogP contribution in [-0.4, -0.2) is 24.6 Å². The van der Waals surface area contributed by atoms with Crippen molar-refractivity contribution in [2.24, 2.45) is 0 Å². The molecule has 0 radical (unpaired) electrons. The molecule has 1 N–H and O–H groups in total. The molecule has 0 spiro atoms. The van der Waals surface area contributed by atoms with E-state index in [0.717, 1.165) is 17.3 Å². The van der Waals surface area contributed by atoms with E-state index in [1.165, 1.54) is 0 Å². The van der Waals surface area contributed by atoms with Gasteiger partial charge in [-0.25, -0.2) is 0 Å². The van der Waals surface area contributed by atoms with E-state index in [4.69, 9.17) is 4.55 Å². The van der Waals surface area contributed by atoms with Crippen LogP contribution in [0.1, 0.15) is 12.8 Å². The van der Waals surface area contributed by atoms with Gasteiger partial charge in [-0.2, -0.15) is 8.42 Å². The summed E-state index contributed by atoms with van der Waals surface area (Å²) in [4.78, 5) is 0. The van der Waals surface area contributed by atoms with Gasteiger partial charge in [-0.3, -0.25) is 4.55 Å². The van der Waals surface area contributed by atoms with E-state index in [1.807, 2.05) is 0 Å². The van der Waals surface area contributed by atoms with Crippen molar-refractivity contribution in [1.29, 1.82) is 0 Å². The van der Waals surface area contributed by atoms with Crippen molar-refractivity contribution in [2.45, 2.75) is 20.0 Å². The Balaban J connectivity index is 4.02. The first-order valence-electron chi connectivity index (χ1n) is 3.20. The standard InChI is InChI=1S/C5H9I3O3S/c6-3-1-2-4(7)5(8)12(9,10)11/h4-5H,1-3H2,(H,9,10,11). The molecular weight excluding hydrogens is 521 g/mol. The first-order chi connectivity index (χ1) is 5.39. The lowest BCUT2D eigenvalue weighted by atomic mass is 10.3. The normalized spacial score (nSPS) is 17.3. The lowest BCUT2D eigenvalue weighted by Crippen LogP contribution is -2.23. The monoisotopic (exact) mass is 530 g/mol. The van der Waals surface area contributed by atoms with E-state index in [9.17, 15) is 8.42 Å². The molecular formula is C5H9I3O3S. The van der Waals surface area contributed by atoms with Gasteiger partial charge < -0.3 is 0 Å². The fourth-order valence-corrected chi connectivity index (χ4v) is 3.45. The highest BCUT2D eigenvalue weighted by atomic mass is 127. The molecule has 2 unspecified atom stereocenters. The molecule has 0 aliphatic rings. The van der Waals surface area contributed by atoms with Crippen LogP contribution in [0.2, 0.25) is 0 Å². The zero-order chi connectivity index (χ0) is 9.78. The highest BCUT2D eigenvalue weighted by Crippen LogP contribution is 2.24. The van der Waals surface area contributed by atoms with E-state index < -0.39 is 13.4 Å². The summed E-state index contributed by atoms with van der Waals surface area (Å²) in [5.41, 5.74) is 0. The Morgan fingerprint density at radius 3 is 2.17 bits per heavy atom. The van der Waals surface area contributed by atoms with E-state index in [2.05, 4.69) is 45.2 Å². The van der Waals surface area contributed by atoms with Gasteiger partial charge in [0, 0.05) is 3.92 Å². The summed E-state index contributed by atoms with van der Waals surface area (Å²) in [6.07, 6.45) is 1.82. The molecule has 0 aromatic rings. The summed E-state index contributed by atoms with van der Waals surface area (Å²) in [7, 11) is -3.86. The molecule has 0 bridgehead atoms. The summed E-state index contributed by atoms with van der Waals surface area (Å²) in [5, 5.41) is 0. The van der Waals surface area contributed by atoms with E-state index in [1.54, 1.807) is 22.6 Å².